The van der Waals surface area contributed by atoms with Gasteiger partial charge in [-0.1, -0.05) is 88.4 Å². The Balaban J connectivity index is 1.54. The van der Waals surface area contributed by atoms with Crippen LogP contribution in [0.4, 0.5) is 9.59 Å². The molecule has 50 heavy (non-hydrogen) atoms. The normalized spacial score (nSPS) is 13.8. The second kappa shape index (κ2) is 18.6. The molecule has 2 unspecified atom stereocenters. The number of nitrogens with zero attached hydrogens (tertiary/aromatic N) is 4. The average Bonchev–Trinajstić information content (AvgIpc) is 3.78. The Kier molecular flexibility index (Phi) is 14.3. The van der Waals surface area contributed by atoms with Gasteiger partial charge in [-0.05, 0) is 36.3 Å². The highest BCUT2D eigenvalue weighted by Gasteiger charge is 2.34. The maximum Gasteiger partial charge on any atom is 0.407 e. The number of thiazole rings is 2. The van der Waals surface area contributed by atoms with Crippen LogP contribution in [0.1, 0.15) is 66.7 Å². The first-order chi connectivity index (χ1) is 23.9. The molecule has 4 aromatic rings. The molecular formula is C37H48N6O5S2. The summed E-state index contributed by atoms with van der Waals surface area (Å²) in [6, 6.07) is 16.4. The summed E-state index contributed by atoms with van der Waals surface area (Å²) in [5.74, 6) is -0.331. The van der Waals surface area contributed by atoms with E-state index < -0.39 is 36.4 Å². The van der Waals surface area contributed by atoms with Gasteiger partial charge in [-0.15, -0.1) is 22.7 Å². The number of carbonyl (C=O) groups excluding carboxylic acids is 2. The van der Waals surface area contributed by atoms with Gasteiger partial charge in [0.15, 0.2) is 0 Å². The van der Waals surface area contributed by atoms with Gasteiger partial charge in [0.05, 0.1) is 41.4 Å². The highest BCUT2D eigenvalue weighted by atomic mass is 32.1. The monoisotopic (exact) mass is 720 g/mol. The molecule has 2 heterocycles. The first-order valence-corrected chi connectivity index (χ1v) is 18.6. The van der Waals surface area contributed by atoms with Crippen LogP contribution in [0.3, 0.4) is 0 Å². The molecule has 4 N–H and O–H groups in total. The third kappa shape index (κ3) is 11.4. The number of nitrogens with one attached hydrogen (secondary N) is 2. The standard InChI is InChI=1S/C37H48N6O5S2/c1-24(2)33(41-36(46)42(5)20-29-22-49-35(40-29)25(3)4)34(45)39-28(16-26-12-8-6-9-13-26)18-32(44)31(17-27-14-10-7-11-15-27)43(37(47)48)21-30-19-38-23-50-30/h6-15,19,22-25,28,31-33,44H,16-18,20-21H2,1-5H3,(H,39,45)(H,41,46)(H,47,48)/t28-,31?,32-,33?/m0/s1. The van der Waals surface area contributed by atoms with E-state index >= 15 is 0 Å². The van der Waals surface area contributed by atoms with E-state index in [-0.39, 0.29) is 31.2 Å². The van der Waals surface area contributed by atoms with Crippen molar-refractivity contribution in [2.45, 2.75) is 90.2 Å². The van der Waals surface area contributed by atoms with Crippen LogP contribution in [-0.2, 0) is 30.7 Å². The highest BCUT2D eigenvalue weighted by molar-refractivity contribution is 7.09. The molecule has 4 amide bonds. The van der Waals surface area contributed by atoms with Gasteiger partial charge in [0.2, 0.25) is 5.91 Å². The number of carboxylic acid groups (broad SMARTS) is 1. The number of rotatable bonds is 17. The Labute approximate surface area is 302 Å². The van der Waals surface area contributed by atoms with Crippen molar-refractivity contribution >= 4 is 40.7 Å². The van der Waals surface area contributed by atoms with Crippen LogP contribution in [-0.4, -0.2) is 79.3 Å². The average molecular weight is 721 g/mol. The quantitative estimate of drug-likeness (QED) is 0.102. The maximum absolute atomic E-state index is 13.9. The molecule has 2 aromatic carbocycles. The van der Waals surface area contributed by atoms with E-state index in [4.69, 9.17) is 0 Å². The Morgan fingerprint density at radius 1 is 0.880 bits per heavy atom. The zero-order valence-electron chi connectivity index (χ0n) is 29.2. The SMILES string of the molecule is CC(C)c1nc(CN(C)C(=O)NC(C(=O)N[C@@H](Cc2ccccc2)C[C@H](O)C(Cc2ccccc2)N(Cc2cncs2)C(=O)O)C(C)C)cs1. The van der Waals surface area contributed by atoms with Crippen LogP contribution < -0.4 is 10.6 Å². The van der Waals surface area contributed by atoms with Crippen molar-refractivity contribution in [1.29, 1.82) is 0 Å². The molecule has 0 spiro atoms. The zero-order chi connectivity index (χ0) is 36.2. The van der Waals surface area contributed by atoms with Crippen LogP contribution in [0, 0.1) is 5.92 Å². The number of amides is 4. The van der Waals surface area contributed by atoms with Crippen molar-refractivity contribution in [1.82, 2.24) is 30.4 Å². The number of hydrogen-bond acceptors (Lipinski definition) is 8. The van der Waals surface area contributed by atoms with E-state index in [1.807, 2.05) is 79.9 Å². The summed E-state index contributed by atoms with van der Waals surface area (Å²) in [6.07, 6.45) is 0.0680. The molecule has 4 atom stereocenters. The summed E-state index contributed by atoms with van der Waals surface area (Å²) in [5, 5.41) is 31.2. The molecule has 0 bridgehead atoms. The second-order valence-electron chi connectivity index (χ2n) is 13.2. The van der Waals surface area contributed by atoms with Crippen molar-refractivity contribution in [3.05, 3.63) is 104 Å². The van der Waals surface area contributed by atoms with Crippen molar-refractivity contribution in [2.24, 2.45) is 5.92 Å². The van der Waals surface area contributed by atoms with Gasteiger partial charge in [-0.25, -0.2) is 14.6 Å². The molecule has 0 radical (unpaired) electrons. The smallest absolute Gasteiger partial charge is 0.407 e. The van der Waals surface area contributed by atoms with Crippen LogP contribution in [0.25, 0.3) is 0 Å². The fourth-order valence-electron chi connectivity index (χ4n) is 5.71. The Hall–Kier alpha value is -4.33. The van der Waals surface area contributed by atoms with E-state index in [0.29, 0.717) is 18.9 Å². The lowest BCUT2D eigenvalue weighted by Gasteiger charge is -2.35. The summed E-state index contributed by atoms with van der Waals surface area (Å²) in [6.45, 7) is 8.24. The van der Waals surface area contributed by atoms with Crippen molar-refractivity contribution in [2.75, 3.05) is 7.05 Å². The van der Waals surface area contributed by atoms with E-state index in [1.54, 1.807) is 30.1 Å². The van der Waals surface area contributed by atoms with Crippen LogP contribution in [0.5, 0.6) is 0 Å². The van der Waals surface area contributed by atoms with Crippen LogP contribution in [0.2, 0.25) is 0 Å². The lowest BCUT2D eigenvalue weighted by atomic mass is 9.92. The molecule has 0 saturated heterocycles. The van der Waals surface area contributed by atoms with Gasteiger partial charge in [-0.2, -0.15) is 0 Å². The zero-order valence-corrected chi connectivity index (χ0v) is 30.9. The number of carbonyl (C=O) groups is 3. The van der Waals surface area contributed by atoms with E-state index in [1.165, 1.54) is 21.1 Å². The predicted molar refractivity (Wildman–Crippen MR) is 197 cm³/mol. The van der Waals surface area contributed by atoms with Crippen LogP contribution in [0.15, 0.2) is 77.8 Å². The highest BCUT2D eigenvalue weighted by Crippen LogP contribution is 2.23. The van der Waals surface area contributed by atoms with Gasteiger partial charge in [-0.3, -0.25) is 14.7 Å². The van der Waals surface area contributed by atoms with E-state index in [9.17, 15) is 24.6 Å². The van der Waals surface area contributed by atoms with Crippen molar-refractivity contribution in [3.8, 4) is 0 Å². The van der Waals surface area contributed by atoms with Gasteiger partial charge in [0.25, 0.3) is 0 Å². The fraction of sp³-hybridized carbons (Fsp3) is 0.432. The first kappa shape index (κ1) is 38.5. The number of aromatic nitrogens is 2. The minimum absolute atomic E-state index is 0.0684. The number of benzene rings is 2. The maximum atomic E-state index is 13.9. The third-order valence-electron chi connectivity index (χ3n) is 8.42. The minimum atomic E-state index is -1.16. The molecule has 268 valence electrons. The lowest BCUT2D eigenvalue weighted by Crippen LogP contribution is -2.56. The van der Waals surface area contributed by atoms with E-state index in [0.717, 1.165) is 26.7 Å². The second-order valence-corrected chi connectivity index (χ2v) is 15.1. The number of aliphatic hydroxyl groups excluding tert-OH is 1. The van der Waals surface area contributed by atoms with Gasteiger partial charge >= 0.3 is 12.1 Å². The molecule has 0 aliphatic heterocycles. The summed E-state index contributed by atoms with van der Waals surface area (Å²) in [5.41, 5.74) is 4.25. The lowest BCUT2D eigenvalue weighted by molar-refractivity contribution is -0.125. The summed E-state index contributed by atoms with van der Waals surface area (Å²) in [4.78, 5) is 52.1. The van der Waals surface area contributed by atoms with Gasteiger partial charge in [0, 0.05) is 35.5 Å². The number of urea groups is 1. The first-order valence-electron chi connectivity index (χ1n) is 16.8. The Bertz CT molecular complexity index is 1630. The van der Waals surface area contributed by atoms with Gasteiger partial charge < -0.3 is 25.7 Å². The van der Waals surface area contributed by atoms with Crippen molar-refractivity contribution < 1.29 is 24.6 Å². The largest absolute Gasteiger partial charge is 0.465 e. The molecular weight excluding hydrogens is 673 g/mol. The van der Waals surface area contributed by atoms with Crippen molar-refractivity contribution in [3.63, 3.8) is 0 Å². The fourth-order valence-corrected chi connectivity index (χ4v) is 7.13. The molecule has 2 aromatic heterocycles. The minimum Gasteiger partial charge on any atom is -0.465 e. The molecule has 13 heteroatoms. The summed E-state index contributed by atoms with van der Waals surface area (Å²) in [7, 11) is 1.67. The van der Waals surface area contributed by atoms with E-state index in [2.05, 4.69) is 34.4 Å². The molecule has 0 aliphatic rings. The number of hydrogen-bond donors (Lipinski definition) is 4. The summed E-state index contributed by atoms with van der Waals surface area (Å²) < 4.78 is 0. The Morgan fingerprint density at radius 3 is 2.06 bits per heavy atom. The molecule has 0 aliphatic carbocycles. The summed E-state index contributed by atoms with van der Waals surface area (Å²) >= 11 is 2.91. The Morgan fingerprint density at radius 2 is 1.52 bits per heavy atom. The third-order valence-corrected chi connectivity index (χ3v) is 10.4. The number of aliphatic hydroxyl groups is 1. The molecule has 0 fully saturated rings. The molecule has 4 rings (SSSR count). The molecule has 11 nitrogen and oxygen atoms in total. The van der Waals surface area contributed by atoms with Gasteiger partial charge in [0.1, 0.15) is 6.04 Å². The van der Waals surface area contributed by atoms with Crippen LogP contribution >= 0.6 is 22.7 Å². The predicted octanol–water partition coefficient (Wildman–Crippen LogP) is 6.16. The molecule has 0 saturated carbocycles. The topological polar surface area (TPSA) is 148 Å².